The second kappa shape index (κ2) is 18.1. The summed E-state index contributed by atoms with van der Waals surface area (Å²) >= 11 is 4.10. The zero-order chi connectivity index (χ0) is 32.6. The minimum atomic E-state index is -1.84. The molecule has 0 saturated carbocycles. The first-order chi connectivity index (χ1) is 21.0. The van der Waals surface area contributed by atoms with Crippen LogP contribution in [0.3, 0.4) is 0 Å². The lowest BCUT2D eigenvalue weighted by Gasteiger charge is -2.48. The number of carbonyl (C=O) groups excluding carboxylic acids is 1. The van der Waals surface area contributed by atoms with Crippen molar-refractivity contribution in [3.63, 3.8) is 0 Å². The van der Waals surface area contributed by atoms with Crippen molar-refractivity contribution in [2.24, 2.45) is 5.92 Å². The average Bonchev–Trinajstić information content (AvgIpc) is 3.02. The van der Waals surface area contributed by atoms with Crippen molar-refractivity contribution in [3.05, 3.63) is 0 Å². The van der Waals surface area contributed by atoms with E-state index in [0.29, 0.717) is 31.4 Å². The van der Waals surface area contributed by atoms with Crippen molar-refractivity contribution in [3.8, 4) is 0 Å². The van der Waals surface area contributed by atoms with E-state index in [1.54, 1.807) is 6.92 Å². The molecule has 3 aliphatic heterocycles. The van der Waals surface area contributed by atoms with Gasteiger partial charge in [0.2, 0.25) is 0 Å². The molecule has 3 rings (SSSR count). The normalized spacial score (nSPS) is 43.2. The Morgan fingerprint density at radius 1 is 0.636 bits per heavy atom. The summed E-state index contributed by atoms with van der Waals surface area (Å²) in [6, 6.07) is 0. The number of carbonyl (C=O) groups is 1. The van der Waals surface area contributed by atoms with E-state index >= 15 is 0 Å². The van der Waals surface area contributed by atoms with Crippen LogP contribution in [0.15, 0.2) is 0 Å². The standard InChI is InChI=1S/C27H48O16S/c1-12-17(32)23(16(11-30)41-25(12)38-7-3-2-5-13(31)6-4-8-44)42-27-22(37)24(19(34)15(10-29)40-27)43-26-21(36)20(35)18(33)14(9-28)39-26/h12,14-30,32-37,44H,2-11H2,1H3/t12?,14?,15?,16?,17-,18+,19+,20+,21?,22?,23-,24+,25-,26-,27+/m1/s1. The number of thiol groups is 1. The molecular formula is C27H48O16S. The van der Waals surface area contributed by atoms with Crippen LogP contribution >= 0.6 is 12.6 Å². The maximum atomic E-state index is 11.8. The average molecular weight is 661 g/mol. The van der Waals surface area contributed by atoms with Crippen molar-refractivity contribution < 1.29 is 79.2 Å². The van der Waals surface area contributed by atoms with Gasteiger partial charge in [0.25, 0.3) is 0 Å². The summed E-state index contributed by atoms with van der Waals surface area (Å²) in [7, 11) is 0. The molecule has 3 aliphatic rings. The summed E-state index contributed by atoms with van der Waals surface area (Å²) in [4.78, 5) is 11.8. The molecule has 258 valence electrons. The van der Waals surface area contributed by atoms with Crippen LogP contribution in [0.1, 0.15) is 39.0 Å². The van der Waals surface area contributed by atoms with Gasteiger partial charge in [-0.3, -0.25) is 4.79 Å². The van der Waals surface area contributed by atoms with E-state index in [9.17, 15) is 50.8 Å². The second-order valence-electron chi connectivity index (χ2n) is 11.4. The smallest absolute Gasteiger partial charge is 0.187 e. The summed E-state index contributed by atoms with van der Waals surface area (Å²) in [5.74, 6) is 0.124. The zero-order valence-electron chi connectivity index (χ0n) is 24.6. The van der Waals surface area contributed by atoms with Gasteiger partial charge in [-0.1, -0.05) is 6.92 Å². The number of Topliss-reactive ketones (excluding diaryl/α,β-unsaturated/α-hetero) is 1. The summed E-state index contributed by atoms with van der Waals surface area (Å²) in [6.45, 7) is -0.251. The lowest BCUT2D eigenvalue weighted by molar-refractivity contribution is -0.378. The maximum absolute atomic E-state index is 11.8. The highest BCUT2D eigenvalue weighted by atomic mass is 32.1. The Morgan fingerprint density at radius 3 is 1.80 bits per heavy atom. The number of rotatable bonds is 16. The fourth-order valence-corrected chi connectivity index (χ4v) is 5.56. The van der Waals surface area contributed by atoms with Gasteiger partial charge in [-0.2, -0.15) is 12.6 Å². The topological polar surface area (TPSA) is 255 Å². The maximum Gasteiger partial charge on any atom is 0.187 e. The molecule has 3 heterocycles. The predicted octanol–water partition coefficient (Wildman–Crippen LogP) is -3.82. The van der Waals surface area contributed by atoms with E-state index in [0.717, 1.165) is 6.42 Å². The van der Waals surface area contributed by atoms with Crippen LogP contribution in [-0.4, -0.2) is 170 Å². The number of hydrogen-bond acceptors (Lipinski definition) is 17. The molecule has 6 unspecified atom stereocenters. The first-order valence-corrected chi connectivity index (χ1v) is 15.5. The minimum absolute atomic E-state index is 0.154. The van der Waals surface area contributed by atoms with Crippen molar-refractivity contribution in [2.75, 3.05) is 32.2 Å². The SMILES string of the molecule is CC1[C@H](OCCCCC(=O)CCCS)OC(CO)[C@@H](O[C@@H]2OC(CO)[C@H](O)[C@H](O[C@H]3OC(CO)[C@H](O)[C@H](O)C3O)C2O)[C@@H]1O. The molecule has 0 spiro atoms. The highest BCUT2D eigenvalue weighted by Crippen LogP contribution is 2.34. The Kier molecular flexibility index (Phi) is 15.6. The lowest BCUT2D eigenvalue weighted by atomic mass is 9.91. The highest BCUT2D eigenvalue weighted by molar-refractivity contribution is 7.80. The molecule has 0 aromatic carbocycles. The summed E-state index contributed by atoms with van der Waals surface area (Å²) in [6.07, 6.45) is -18.4. The quantitative estimate of drug-likeness (QED) is 0.0562. The Hall–Kier alpha value is -0.580. The molecular weight excluding hydrogens is 612 g/mol. The summed E-state index contributed by atoms with van der Waals surface area (Å²) in [5, 5.41) is 92.6. The van der Waals surface area contributed by atoms with Gasteiger partial charge in [0.15, 0.2) is 18.9 Å². The van der Waals surface area contributed by atoms with Crippen molar-refractivity contribution in [1.82, 2.24) is 0 Å². The summed E-state index contributed by atoms with van der Waals surface area (Å²) in [5.41, 5.74) is 0. The number of unbranched alkanes of at least 4 members (excludes halogenated alkanes) is 1. The molecule has 0 radical (unpaired) electrons. The van der Waals surface area contributed by atoms with Crippen LogP contribution in [0.25, 0.3) is 0 Å². The molecule has 0 aromatic rings. The van der Waals surface area contributed by atoms with Crippen molar-refractivity contribution in [1.29, 1.82) is 0 Å². The lowest BCUT2D eigenvalue weighted by Crippen LogP contribution is -2.66. The molecule has 44 heavy (non-hydrogen) atoms. The third-order valence-electron chi connectivity index (χ3n) is 8.16. The van der Waals surface area contributed by atoms with Crippen LogP contribution < -0.4 is 0 Å². The number of aliphatic hydroxyl groups excluding tert-OH is 9. The van der Waals surface area contributed by atoms with Crippen LogP contribution in [0, 0.1) is 5.92 Å². The molecule has 0 amide bonds. The van der Waals surface area contributed by atoms with Gasteiger partial charge in [-0.15, -0.1) is 0 Å². The Labute approximate surface area is 260 Å². The van der Waals surface area contributed by atoms with Crippen LogP contribution in [-0.2, 0) is 33.2 Å². The van der Waals surface area contributed by atoms with Gasteiger partial charge in [-0.05, 0) is 25.0 Å². The molecule has 15 atom stereocenters. The molecule has 0 bridgehead atoms. The number of hydrogen-bond donors (Lipinski definition) is 10. The van der Waals surface area contributed by atoms with Crippen molar-refractivity contribution in [2.45, 2.75) is 125 Å². The molecule has 3 saturated heterocycles. The van der Waals surface area contributed by atoms with E-state index in [1.807, 2.05) is 0 Å². The fourth-order valence-electron chi connectivity index (χ4n) is 5.40. The fraction of sp³-hybridized carbons (Fsp3) is 0.963. The van der Waals surface area contributed by atoms with Crippen molar-refractivity contribution >= 4 is 18.4 Å². The molecule has 16 nitrogen and oxygen atoms in total. The molecule has 0 aromatic heterocycles. The Morgan fingerprint density at radius 2 is 1.18 bits per heavy atom. The first kappa shape index (κ1) is 37.9. The van der Waals surface area contributed by atoms with E-state index < -0.39 is 112 Å². The van der Waals surface area contributed by atoms with Gasteiger partial charge >= 0.3 is 0 Å². The molecule has 0 aliphatic carbocycles. The van der Waals surface area contributed by atoms with Gasteiger partial charge in [0.05, 0.1) is 25.9 Å². The van der Waals surface area contributed by atoms with E-state index in [-0.39, 0.29) is 12.4 Å². The van der Waals surface area contributed by atoms with Gasteiger partial charge < -0.3 is 74.4 Å². The Bertz CT molecular complexity index is 853. The van der Waals surface area contributed by atoms with Crippen LogP contribution in [0.2, 0.25) is 0 Å². The zero-order valence-corrected chi connectivity index (χ0v) is 25.5. The van der Waals surface area contributed by atoms with E-state index in [2.05, 4.69) is 12.6 Å². The monoisotopic (exact) mass is 660 g/mol. The predicted molar refractivity (Wildman–Crippen MR) is 150 cm³/mol. The van der Waals surface area contributed by atoms with Crippen LogP contribution in [0.5, 0.6) is 0 Å². The third-order valence-corrected chi connectivity index (χ3v) is 8.47. The molecule has 17 heteroatoms. The molecule has 9 N–H and O–H groups in total. The second-order valence-corrected chi connectivity index (χ2v) is 11.8. The molecule has 3 fully saturated rings. The van der Waals surface area contributed by atoms with E-state index in [4.69, 9.17) is 28.4 Å². The van der Waals surface area contributed by atoms with E-state index in [1.165, 1.54) is 0 Å². The van der Waals surface area contributed by atoms with Gasteiger partial charge in [-0.25, -0.2) is 0 Å². The minimum Gasteiger partial charge on any atom is -0.394 e. The number of aliphatic hydroxyl groups is 9. The van der Waals surface area contributed by atoms with Gasteiger partial charge in [0, 0.05) is 25.4 Å². The van der Waals surface area contributed by atoms with Gasteiger partial charge in [0.1, 0.15) is 66.8 Å². The summed E-state index contributed by atoms with van der Waals surface area (Å²) < 4.78 is 33.9. The first-order valence-electron chi connectivity index (χ1n) is 14.9. The third kappa shape index (κ3) is 9.27. The number of ketones is 1. The largest absolute Gasteiger partial charge is 0.394 e. The number of ether oxygens (including phenoxy) is 6. The highest BCUT2D eigenvalue weighted by Gasteiger charge is 2.53. The van der Waals surface area contributed by atoms with Crippen LogP contribution in [0.4, 0.5) is 0 Å². The Balaban J connectivity index is 1.62.